The van der Waals surface area contributed by atoms with E-state index in [-0.39, 0.29) is 24.7 Å². The van der Waals surface area contributed by atoms with Gasteiger partial charge in [-0.3, -0.25) is 4.79 Å². The van der Waals surface area contributed by atoms with Crippen molar-refractivity contribution >= 4 is 5.91 Å². The molecule has 0 bridgehead atoms. The first-order valence-electron chi connectivity index (χ1n) is 4.78. The summed E-state index contributed by atoms with van der Waals surface area (Å²) in [5.41, 5.74) is 0. The van der Waals surface area contributed by atoms with Crippen LogP contribution in [-0.4, -0.2) is 24.2 Å². The maximum atomic E-state index is 11.2. The maximum Gasteiger partial charge on any atom is 0.257 e. The summed E-state index contributed by atoms with van der Waals surface area (Å²) < 4.78 is 5.12. The molecule has 1 rings (SSSR count). The zero-order valence-corrected chi connectivity index (χ0v) is 8.64. The predicted molar refractivity (Wildman–Crippen MR) is 56.8 cm³/mol. The number of rotatable bonds is 5. The van der Waals surface area contributed by atoms with Crippen LogP contribution < -0.4 is 10.1 Å². The first-order chi connectivity index (χ1) is 7.72. The third-order valence-electron chi connectivity index (χ3n) is 1.75. The molecule has 5 heteroatoms. The number of benzene rings is 1. The van der Waals surface area contributed by atoms with Crippen LogP contribution in [0.4, 0.5) is 0 Å². The Bertz CT molecular complexity index is 398. The zero-order chi connectivity index (χ0) is 11.8. The Morgan fingerprint density at radius 2 is 2.38 bits per heavy atom. The van der Waals surface area contributed by atoms with Crippen LogP contribution in [0.3, 0.4) is 0 Å². The van der Waals surface area contributed by atoms with E-state index in [0.29, 0.717) is 12.3 Å². The Hall–Kier alpha value is -2.22. The number of nitrogens with one attached hydrogen (secondary N) is 1. The van der Waals surface area contributed by atoms with Crippen molar-refractivity contribution in [2.24, 2.45) is 0 Å². The lowest BCUT2D eigenvalue weighted by Crippen LogP contribution is -2.29. The minimum absolute atomic E-state index is 0.0855. The van der Waals surface area contributed by atoms with Gasteiger partial charge in [0, 0.05) is 12.6 Å². The minimum atomic E-state index is -0.293. The van der Waals surface area contributed by atoms with Gasteiger partial charge in [0.1, 0.15) is 11.5 Å². The van der Waals surface area contributed by atoms with E-state index < -0.39 is 0 Å². The average Bonchev–Trinajstić information content (AvgIpc) is 2.27. The quantitative estimate of drug-likeness (QED) is 0.719. The van der Waals surface area contributed by atoms with Crippen molar-refractivity contribution in [3.63, 3.8) is 0 Å². The summed E-state index contributed by atoms with van der Waals surface area (Å²) in [7, 11) is 0. The normalized spacial score (nSPS) is 9.19. The highest BCUT2D eigenvalue weighted by molar-refractivity contribution is 5.77. The molecule has 0 unspecified atom stereocenters. The van der Waals surface area contributed by atoms with Gasteiger partial charge in [-0.25, -0.2) is 0 Å². The number of ether oxygens (including phenoxy) is 1. The summed E-state index contributed by atoms with van der Waals surface area (Å²) >= 11 is 0. The highest BCUT2D eigenvalue weighted by Crippen LogP contribution is 2.17. The lowest BCUT2D eigenvalue weighted by molar-refractivity contribution is -0.123. The van der Waals surface area contributed by atoms with E-state index in [0.717, 1.165) is 0 Å². The van der Waals surface area contributed by atoms with Crippen molar-refractivity contribution in [1.29, 1.82) is 5.26 Å². The Labute approximate surface area is 93.3 Å². The van der Waals surface area contributed by atoms with E-state index in [2.05, 4.69) is 5.32 Å². The van der Waals surface area contributed by atoms with Crippen LogP contribution in [0.15, 0.2) is 24.3 Å². The molecule has 0 fully saturated rings. The van der Waals surface area contributed by atoms with E-state index in [9.17, 15) is 4.79 Å². The minimum Gasteiger partial charge on any atom is -0.508 e. The van der Waals surface area contributed by atoms with E-state index in [4.69, 9.17) is 15.1 Å². The van der Waals surface area contributed by atoms with Crippen molar-refractivity contribution in [3.8, 4) is 17.6 Å². The number of nitriles is 1. The molecule has 1 aromatic carbocycles. The third kappa shape index (κ3) is 4.33. The van der Waals surface area contributed by atoms with Crippen molar-refractivity contribution in [2.45, 2.75) is 6.42 Å². The summed E-state index contributed by atoms with van der Waals surface area (Å²) in [4.78, 5) is 11.2. The molecule has 1 amide bonds. The van der Waals surface area contributed by atoms with Crippen LogP contribution in [0.25, 0.3) is 0 Å². The first kappa shape index (κ1) is 11.9. The molecule has 0 aliphatic heterocycles. The highest BCUT2D eigenvalue weighted by Gasteiger charge is 2.02. The lowest BCUT2D eigenvalue weighted by Gasteiger charge is -2.06. The molecule has 0 atom stereocenters. The predicted octanol–water partition coefficient (Wildman–Crippen LogP) is 0.801. The summed E-state index contributed by atoms with van der Waals surface area (Å²) in [6, 6.07) is 8.11. The molecule has 0 heterocycles. The second-order valence-corrected chi connectivity index (χ2v) is 3.04. The van der Waals surface area contributed by atoms with Crippen LogP contribution in [0.5, 0.6) is 11.5 Å². The van der Waals surface area contributed by atoms with Gasteiger partial charge in [-0.05, 0) is 12.1 Å². The maximum absolute atomic E-state index is 11.2. The van der Waals surface area contributed by atoms with Crippen molar-refractivity contribution in [3.05, 3.63) is 24.3 Å². The second-order valence-electron chi connectivity index (χ2n) is 3.04. The molecular weight excluding hydrogens is 208 g/mol. The fourth-order valence-corrected chi connectivity index (χ4v) is 1.03. The van der Waals surface area contributed by atoms with Gasteiger partial charge in [0.15, 0.2) is 6.61 Å². The Balaban J connectivity index is 2.29. The highest BCUT2D eigenvalue weighted by atomic mass is 16.5. The van der Waals surface area contributed by atoms with Crippen LogP contribution in [0.1, 0.15) is 6.42 Å². The molecule has 2 N–H and O–H groups in total. The number of aromatic hydroxyl groups is 1. The molecular formula is C11H12N2O3. The van der Waals surface area contributed by atoms with Gasteiger partial charge in [0.05, 0.1) is 12.5 Å². The molecule has 0 saturated carbocycles. The average molecular weight is 220 g/mol. The number of carbonyl (C=O) groups excluding carboxylic acids is 1. The Morgan fingerprint density at radius 3 is 3.06 bits per heavy atom. The molecule has 5 nitrogen and oxygen atoms in total. The molecule has 0 aromatic heterocycles. The third-order valence-corrected chi connectivity index (χ3v) is 1.75. The summed E-state index contributed by atoms with van der Waals surface area (Å²) in [6.07, 6.45) is 0.276. The summed E-state index contributed by atoms with van der Waals surface area (Å²) in [5, 5.41) is 19.9. The van der Waals surface area contributed by atoms with Crippen LogP contribution >= 0.6 is 0 Å². The van der Waals surface area contributed by atoms with Gasteiger partial charge in [0.2, 0.25) is 0 Å². The number of hydrogen-bond acceptors (Lipinski definition) is 4. The monoisotopic (exact) mass is 220 g/mol. The van der Waals surface area contributed by atoms with Gasteiger partial charge in [-0.2, -0.15) is 5.26 Å². The van der Waals surface area contributed by atoms with Crippen LogP contribution in [0, 0.1) is 11.3 Å². The topological polar surface area (TPSA) is 82.4 Å². The SMILES string of the molecule is N#CCCNC(=O)COc1cccc(O)c1. The molecule has 84 valence electrons. The smallest absolute Gasteiger partial charge is 0.257 e. The molecule has 0 saturated heterocycles. The Morgan fingerprint density at radius 1 is 1.56 bits per heavy atom. The lowest BCUT2D eigenvalue weighted by atomic mass is 10.3. The number of amides is 1. The molecule has 1 aromatic rings. The number of phenols is 1. The standard InChI is InChI=1S/C11H12N2O3/c12-5-2-6-13-11(15)8-16-10-4-1-3-9(14)7-10/h1,3-4,7,14H,2,6,8H2,(H,13,15). The van der Waals surface area contributed by atoms with Crippen molar-refractivity contribution in [2.75, 3.05) is 13.2 Å². The second kappa shape index (κ2) is 6.30. The van der Waals surface area contributed by atoms with Gasteiger partial charge in [-0.15, -0.1) is 0 Å². The van der Waals surface area contributed by atoms with Gasteiger partial charge in [-0.1, -0.05) is 6.07 Å². The number of phenolic OH excluding ortho intramolecular Hbond substituents is 1. The number of hydrogen-bond donors (Lipinski definition) is 2. The summed E-state index contributed by atoms with van der Waals surface area (Å²) in [5.74, 6) is 0.219. The van der Waals surface area contributed by atoms with E-state index in [1.54, 1.807) is 12.1 Å². The molecule has 0 aliphatic rings. The Kier molecular flexibility index (Phi) is 4.67. The fraction of sp³-hybridized carbons (Fsp3) is 0.273. The van der Waals surface area contributed by atoms with Gasteiger partial charge < -0.3 is 15.2 Å². The van der Waals surface area contributed by atoms with Crippen molar-refractivity contribution in [1.82, 2.24) is 5.32 Å². The van der Waals surface area contributed by atoms with Crippen LogP contribution in [-0.2, 0) is 4.79 Å². The fourth-order valence-electron chi connectivity index (χ4n) is 1.03. The first-order valence-corrected chi connectivity index (χ1v) is 4.78. The van der Waals surface area contributed by atoms with Gasteiger partial charge >= 0.3 is 0 Å². The van der Waals surface area contributed by atoms with Crippen LogP contribution in [0.2, 0.25) is 0 Å². The number of carbonyl (C=O) groups is 1. The molecule has 0 aliphatic carbocycles. The largest absolute Gasteiger partial charge is 0.508 e. The molecule has 0 spiro atoms. The van der Waals surface area contributed by atoms with Gasteiger partial charge in [0.25, 0.3) is 5.91 Å². The zero-order valence-electron chi connectivity index (χ0n) is 8.64. The van der Waals surface area contributed by atoms with E-state index in [1.165, 1.54) is 12.1 Å². The number of nitrogens with zero attached hydrogens (tertiary/aromatic N) is 1. The molecule has 16 heavy (non-hydrogen) atoms. The molecule has 0 radical (unpaired) electrons. The van der Waals surface area contributed by atoms with E-state index in [1.807, 2.05) is 6.07 Å². The van der Waals surface area contributed by atoms with E-state index >= 15 is 0 Å². The van der Waals surface area contributed by atoms with Crippen molar-refractivity contribution < 1.29 is 14.6 Å². The summed E-state index contributed by atoms with van der Waals surface area (Å²) in [6.45, 7) is 0.188.